The first-order chi connectivity index (χ1) is 12.8. The Kier molecular flexibility index (Phi) is 6.25. The zero-order valence-electron chi connectivity index (χ0n) is 14.6. The predicted octanol–water partition coefficient (Wildman–Crippen LogP) is 3.81. The van der Waals surface area contributed by atoms with Gasteiger partial charge in [0.05, 0.1) is 9.79 Å². The molecule has 0 aliphatic carbocycles. The number of anilines is 1. The summed E-state index contributed by atoms with van der Waals surface area (Å²) in [5.41, 5.74) is 0.313. The number of nitrogens with one attached hydrogen (secondary N) is 1. The van der Waals surface area contributed by atoms with Crippen molar-refractivity contribution in [1.29, 1.82) is 0 Å². The molecule has 0 atom stereocenters. The normalized spacial score (nSPS) is 16.6. The Morgan fingerprint density at radius 1 is 0.741 bits per heavy atom. The standard InChI is InChI=1S/C18H21BrN2O4S2/c19-15-5-9-17(10-6-15)26(22,23)20-16-7-11-18(12-8-16)27(24,25)21-13-3-1-2-4-14-21/h5-12,20H,1-4,13-14H2. The van der Waals surface area contributed by atoms with Crippen molar-refractivity contribution in [3.8, 4) is 0 Å². The topological polar surface area (TPSA) is 83.5 Å². The monoisotopic (exact) mass is 472 g/mol. The average Bonchev–Trinajstić information content (AvgIpc) is 2.92. The van der Waals surface area contributed by atoms with Crippen molar-refractivity contribution in [2.24, 2.45) is 0 Å². The molecule has 1 aliphatic heterocycles. The van der Waals surface area contributed by atoms with Gasteiger partial charge in [0.2, 0.25) is 10.0 Å². The minimum atomic E-state index is -3.73. The molecule has 0 saturated carbocycles. The van der Waals surface area contributed by atoms with Crippen molar-refractivity contribution in [2.75, 3.05) is 17.8 Å². The lowest BCUT2D eigenvalue weighted by atomic mass is 10.2. The molecule has 0 radical (unpaired) electrons. The number of benzene rings is 2. The van der Waals surface area contributed by atoms with Crippen LogP contribution in [0.5, 0.6) is 0 Å². The number of sulfonamides is 2. The summed E-state index contributed by atoms with van der Waals surface area (Å²) in [6, 6.07) is 12.1. The summed E-state index contributed by atoms with van der Waals surface area (Å²) in [6.07, 6.45) is 3.82. The molecular weight excluding hydrogens is 452 g/mol. The summed E-state index contributed by atoms with van der Waals surface area (Å²) in [5, 5.41) is 0. The second kappa shape index (κ2) is 8.30. The van der Waals surface area contributed by atoms with Crippen LogP contribution in [0.1, 0.15) is 25.7 Å². The zero-order valence-corrected chi connectivity index (χ0v) is 17.9. The van der Waals surface area contributed by atoms with E-state index in [0.717, 1.165) is 30.2 Å². The SMILES string of the molecule is O=S(=O)(Nc1ccc(S(=O)(=O)N2CCCCCC2)cc1)c1ccc(Br)cc1. The summed E-state index contributed by atoms with van der Waals surface area (Å²) in [4.78, 5) is 0.308. The lowest BCUT2D eigenvalue weighted by molar-refractivity contribution is 0.424. The van der Waals surface area contributed by atoms with Crippen molar-refractivity contribution in [2.45, 2.75) is 35.5 Å². The van der Waals surface area contributed by atoms with E-state index in [1.165, 1.54) is 40.7 Å². The van der Waals surface area contributed by atoms with Gasteiger partial charge in [0.1, 0.15) is 0 Å². The van der Waals surface area contributed by atoms with Crippen molar-refractivity contribution >= 4 is 41.7 Å². The molecule has 0 spiro atoms. The molecule has 1 N–H and O–H groups in total. The largest absolute Gasteiger partial charge is 0.280 e. The highest BCUT2D eigenvalue weighted by atomic mass is 79.9. The first-order valence-electron chi connectivity index (χ1n) is 8.68. The van der Waals surface area contributed by atoms with E-state index < -0.39 is 20.0 Å². The van der Waals surface area contributed by atoms with E-state index in [-0.39, 0.29) is 9.79 Å². The van der Waals surface area contributed by atoms with Gasteiger partial charge in [0.15, 0.2) is 0 Å². The minimum absolute atomic E-state index is 0.131. The van der Waals surface area contributed by atoms with Crippen LogP contribution in [0, 0.1) is 0 Å². The Labute approximate surface area is 168 Å². The summed E-state index contributed by atoms with van der Waals surface area (Å²) >= 11 is 3.27. The molecule has 3 rings (SSSR count). The van der Waals surface area contributed by atoms with E-state index in [9.17, 15) is 16.8 Å². The molecule has 0 unspecified atom stereocenters. The highest BCUT2D eigenvalue weighted by molar-refractivity contribution is 9.10. The van der Waals surface area contributed by atoms with E-state index in [1.807, 2.05) is 0 Å². The average molecular weight is 473 g/mol. The molecule has 27 heavy (non-hydrogen) atoms. The first-order valence-corrected chi connectivity index (χ1v) is 12.4. The van der Waals surface area contributed by atoms with Gasteiger partial charge in [0.25, 0.3) is 10.0 Å². The molecule has 0 amide bonds. The molecule has 2 aromatic carbocycles. The number of halogens is 1. The molecule has 2 aromatic rings. The quantitative estimate of drug-likeness (QED) is 0.716. The Balaban J connectivity index is 1.77. The third-order valence-corrected chi connectivity index (χ3v) is 8.27. The van der Waals surface area contributed by atoms with Crippen LogP contribution in [-0.2, 0) is 20.0 Å². The van der Waals surface area contributed by atoms with Gasteiger partial charge in [-0.15, -0.1) is 0 Å². The van der Waals surface area contributed by atoms with Gasteiger partial charge in [-0.25, -0.2) is 16.8 Å². The molecule has 0 bridgehead atoms. The molecule has 1 aliphatic rings. The number of hydrogen-bond acceptors (Lipinski definition) is 4. The summed E-state index contributed by atoms with van der Waals surface area (Å²) in [7, 11) is -7.29. The second-order valence-corrected chi connectivity index (χ2v) is 10.9. The van der Waals surface area contributed by atoms with Gasteiger partial charge in [-0.3, -0.25) is 4.72 Å². The molecule has 9 heteroatoms. The van der Waals surface area contributed by atoms with Gasteiger partial charge in [-0.1, -0.05) is 28.8 Å². The molecule has 6 nitrogen and oxygen atoms in total. The van der Waals surface area contributed by atoms with Gasteiger partial charge in [-0.05, 0) is 61.4 Å². The fraction of sp³-hybridized carbons (Fsp3) is 0.333. The summed E-state index contributed by atoms with van der Waals surface area (Å²) in [5.74, 6) is 0. The van der Waals surface area contributed by atoms with Crippen molar-refractivity contribution in [3.05, 3.63) is 53.0 Å². The second-order valence-electron chi connectivity index (χ2n) is 6.40. The van der Waals surface area contributed by atoms with Crippen LogP contribution in [0.25, 0.3) is 0 Å². The maximum atomic E-state index is 12.8. The molecular formula is C18H21BrN2O4S2. The zero-order chi connectivity index (χ0) is 19.5. The highest BCUT2D eigenvalue weighted by Gasteiger charge is 2.25. The van der Waals surface area contributed by atoms with Crippen LogP contribution in [0.3, 0.4) is 0 Å². The van der Waals surface area contributed by atoms with Crippen LogP contribution < -0.4 is 4.72 Å². The van der Waals surface area contributed by atoms with Crippen molar-refractivity contribution < 1.29 is 16.8 Å². The van der Waals surface area contributed by atoms with Gasteiger partial charge >= 0.3 is 0 Å². The van der Waals surface area contributed by atoms with Crippen LogP contribution >= 0.6 is 15.9 Å². The lowest BCUT2D eigenvalue weighted by Gasteiger charge is -2.20. The number of rotatable bonds is 5. The van der Waals surface area contributed by atoms with Crippen LogP contribution in [0.2, 0.25) is 0 Å². The third-order valence-electron chi connectivity index (χ3n) is 4.43. The molecule has 146 valence electrons. The van der Waals surface area contributed by atoms with Crippen LogP contribution in [0.4, 0.5) is 5.69 Å². The maximum Gasteiger partial charge on any atom is 0.261 e. The van der Waals surface area contributed by atoms with Crippen molar-refractivity contribution in [3.63, 3.8) is 0 Å². The Bertz CT molecular complexity index is 981. The summed E-state index contributed by atoms with van der Waals surface area (Å²) in [6.45, 7) is 1.06. The Morgan fingerprint density at radius 2 is 1.26 bits per heavy atom. The molecule has 0 aromatic heterocycles. The molecule has 1 saturated heterocycles. The fourth-order valence-corrected chi connectivity index (χ4v) is 5.79. The van der Waals surface area contributed by atoms with Gasteiger partial charge < -0.3 is 0 Å². The molecule has 1 fully saturated rings. The fourth-order valence-electron chi connectivity index (χ4n) is 2.95. The molecule has 1 heterocycles. The highest BCUT2D eigenvalue weighted by Crippen LogP contribution is 2.23. The first kappa shape index (κ1) is 20.3. The maximum absolute atomic E-state index is 12.8. The Morgan fingerprint density at radius 3 is 1.81 bits per heavy atom. The lowest BCUT2D eigenvalue weighted by Crippen LogP contribution is -2.31. The van der Waals surface area contributed by atoms with E-state index in [4.69, 9.17) is 0 Å². The van der Waals surface area contributed by atoms with Crippen molar-refractivity contribution in [1.82, 2.24) is 4.31 Å². The van der Waals surface area contributed by atoms with Gasteiger partial charge in [-0.2, -0.15) is 4.31 Å². The van der Waals surface area contributed by atoms with Gasteiger partial charge in [0, 0.05) is 23.2 Å². The summed E-state index contributed by atoms with van der Waals surface area (Å²) < 4.78 is 55.2. The third kappa shape index (κ3) is 4.90. The number of hydrogen-bond donors (Lipinski definition) is 1. The Hall–Kier alpha value is -1.42. The van der Waals surface area contributed by atoms with E-state index in [2.05, 4.69) is 20.7 Å². The predicted molar refractivity (Wildman–Crippen MR) is 109 cm³/mol. The number of nitrogens with zero attached hydrogens (tertiary/aromatic N) is 1. The smallest absolute Gasteiger partial charge is 0.261 e. The van der Waals surface area contributed by atoms with Crippen LogP contribution in [0.15, 0.2) is 62.8 Å². The van der Waals surface area contributed by atoms with E-state index >= 15 is 0 Å². The van der Waals surface area contributed by atoms with E-state index in [0.29, 0.717) is 18.8 Å². The van der Waals surface area contributed by atoms with E-state index in [1.54, 1.807) is 12.1 Å². The van der Waals surface area contributed by atoms with Crippen LogP contribution in [-0.4, -0.2) is 34.2 Å². The minimum Gasteiger partial charge on any atom is -0.280 e.